The maximum absolute atomic E-state index is 5.76. The van der Waals surface area contributed by atoms with Crippen molar-refractivity contribution in [1.82, 2.24) is 10.2 Å². The van der Waals surface area contributed by atoms with Crippen molar-refractivity contribution in [2.75, 3.05) is 26.2 Å². The molecule has 0 amide bonds. The Kier molecular flexibility index (Phi) is 3.30. The molecule has 94 valence electrons. The summed E-state index contributed by atoms with van der Waals surface area (Å²) < 4.78 is 5.76. The van der Waals surface area contributed by atoms with Crippen LogP contribution in [0.3, 0.4) is 0 Å². The Morgan fingerprint density at radius 2 is 2.06 bits per heavy atom. The van der Waals surface area contributed by atoms with Crippen LogP contribution in [0.25, 0.3) is 0 Å². The van der Waals surface area contributed by atoms with E-state index in [0.717, 1.165) is 26.2 Å². The van der Waals surface area contributed by atoms with E-state index in [9.17, 15) is 0 Å². The van der Waals surface area contributed by atoms with Crippen LogP contribution in [0.1, 0.15) is 40.5 Å². The van der Waals surface area contributed by atoms with E-state index in [4.69, 9.17) is 4.74 Å². The molecule has 3 heteroatoms. The normalized spacial score (nSPS) is 34.1. The second-order valence-corrected chi connectivity index (χ2v) is 6.57. The lowest BCUT2D eigenvalue weighted by atomic mass is 9.91. The van der Waals surface area contributed by atoms with E-state index in [0.29, 0.717) is 6.10 Å². The predicted octanol–water partition coefficient (Wildman–Crippen LogP) is 1.63. The molecular weight excluding hydrogens is 200 g/mol. The number of piperazine rings is 1. The van der Waals surface area contributed by atoms with Gasteiger partial charge in [0.05, 0.1) is 6.10 Å². The maximum atomic E-state index is 5.76. The van der Waals surface area contributed by atoms with Gasteiger partial charge in [0, 0.05) is 37.3 Å². The predicted molar refractivity (Wildman–Crippen MR) is 66.7 cm³/mol. The second kappa shape index (κ2) is 4.28. The van der Waals surface area contributed by atoms with E-state index < -0.39 is 0 Å². The van der Waals surface area contributed by atoms with Crippen molar-refractivity contribution in [3.8, 4) is 0 Å². The lowest BCUT2D eigenvalue weighted by Gasteiger charge is -2.50. The highest BCUT2D eigenvalue weighted by atomic mass is 16.5. The number of hydrogen-bond acceptors (Lipinski definition) is 3. The molecule has 2 fully saturated rings. The average Bonchev–Trinajstić information content (AvgIpc) is 2.65. The first-order valence-electron chi connectivity index (χ1n) is 6.51. The molecule has 2 rings (SSSR count). The molecule has 0 bridgehead atoms. The monoisotopic (exact) mass is 226 g/mol. The van der Waals surface area contributed by atoms with Gasteiger partial charge in [-0.05, 0) is 40.5 Å². The van der Waals surface area contributed by atoms with E-state index in [1.807, 2.05) is 0 Å². The number of hydrogen-bond donors (Lipinski definition) is 1. The van der Waals surface area contributed by atoms with Gasteiger partial charge in [0.15, 0.2) is 0 Å². The first-order valence-corrected chi connectivity index (χ1v) is 6.51. The van der Waals surface area contributed by atoms with Gasteiger partial charge in [0.1, 0.15) is 0 Å². The summed E-state index contributed by atoms with van der Waals surface area (Å²) >= 11 is 0. The molecule has 1 N–H and O–H groups in total. The molecule has 16 heavy (non-hydrogen) atoms. The minimum Gasteiger partial charge on any atom is -0.377 e. The van der Waals surface area contributed by atoms with E-state index in [1.54, 1.807) is 0 Å². The number of nitrogens with zero attached hydrogens (tertiary/aromatic N) is 1. The Labute approximate surface area is 99.5 Å². The maximum Gasteiger partial charge on any atom is 0.0703 e. The molecule has 0 aromatic carbocycles. The van der Waals surface area contributed by atoms with Gasteiger partial charge in [0.25, 0.3) is 0 Å². The second-order valence-electron chi connectivity index (χ2n) is 6.57. The first kappa shape index (κ1) is 12.3. The van der Waals surface area contributed by atoms with Crippen LogP contribution in [0.15, 0.2) is 0 Å². The zero-order valence-corrected chi connectivity index (χ0v) is 11.2. The molecule has 1 unspecified atom stereocenters. The summed E-state index contributed by atoms with van der Waals surface area (Å²) in [6.45, 7) is 13.4. The van der Waals surface area contributed by atoms with Gasteiger partial charge in [0.2, 0.25) is 0 Å². The Morgan fingerprint density at radius 3 is 2.69 bits per heavy atom. The van der Waals surface area contributed by atoms with E-state index in [-0.39, 0.29) is 11.1 Å². The smallest absolute Gasteiger partial charge is 0.0703 e. The molecular formula is C13H26N2O. The molecule has 0 saturated carbocycles. The standard InChI is InChI=1S/C13H26N2O/c1-12(2)10-15(13(3,4)9-14-12)8-11-6-5-7-16-11/h11,14H,5-10H2,1-4H3. The fourth-order valence-electron chi connectivity index (χ4n) is 2.66. The number of rotatable bonds is 2. The van der Waals surface area contributed by atoms with Crippen LogP contribution < -0.4 is 5.32 Å². The summed E-state index contributed by atoms with van der Waals surface area (Å²) in [5.74, 6) is 0. The van der Waals surface area contributed by atoms with Crippen LogP contribution in [-0.4, -0.2) is 48.3 Å². The summed E-state index contributed by atoms with van der Waals surface area (Å²) in [5.41, 5.74) is 0.482. The Bertz CT molecular complexity index is 244. The molecule has 1 atom stereocenters. The van der Waals surface area contributed by atoms with E-state index >= 15 is 0 Å². The highest BCUT2D eigenvalue weighted by Crippen LogP contribution is 2.25. The van der Waals surface area contributed by atoms with Crippen molar-refractivity contribution in [1.29, 1.82) is 0 Å². The minimum atomic E-state index is 0.230. The highest BCUT2D eigenvalue weighted by molar-refractivity contribution is 4.98. The van der Waals surface area contributed by atoms with Crippen molar-refractivity contribution < 1.29 is 4.74 Å². The van der Waals surface area contributed by atoms with Gasteiger partial charge >= 0.3 is 0 Å². The Balaban J connectivity index is 1.98. The third kappa shape index (κ3) is 2.76. The minimum absolute atomic E-state index is 0.230. The summed E-state index contributed by atoms with van der Waals surface area (Å²) in [6.07, 6.45) is 2.94. The first-order chi connectivity index (χ1) is 7.39. The quantitative estimate of drug-likeness (QED) is 0.774. The van der Waals surface area contributed by atoms with Crippen LogP contribution in [0.5, 0.6) is 0 Å². The van der Waals surface area contributed by atoms with Crippen LogP contribution >= 0.6 is 0 Å². The van der Waals surface area contributed by atoms with E-state index in [2.05, 4.69) is 37.9 Å². The number of nitrogens with one attached hydrogen (secondary N) is 1. The van der Waals surface area contributed by atoms with Crippen LogP contribution in [0.4, 0.5) is 0 Å². The Morgan fingerprint density at radius 1 is 1.31 bits per heavy atom. The molecule has 3 nitrogen and oxygen atoms in total. The van der Waals surface area contributed by atoms with Gasteiger partial charge in [-0.15, -0.1) is 0 Å². The Hall–Kier alpha value is -0.120. The van der Waals surface area contributed by atoms with Crippen molar-refractivity contribution >= 4 is 0 Å². The lowest BCUT2D eigenvalue weighted by Crippen LogP contribution is -2.66. The third-order valence-corrected chi connectivity index (χ3v) is 3.89. The SMILES string of the molecule is CC1(C)CN(CC2CCCO2)C(C)(C)CN1. The van der Waals surface area contributed by atoms with E-state index in [1.165, 1.54) is 12.8 Å². The van der Waals surface area contributed by atoms with Gasteiger partial charge in [-0.25, -0.2) is 0 Å². The van der Waals surface area contributed by atoms with Crippen LogP contribution in [0.2, 0.25) is 0 Å². The molecule has 2 aliphatic rings. The van der Waals surface area contributed by atoms with Gasteiger partial charge in [-0.2, -0.15) is 0 Å². The van der Waals surface area contributed by atoms with Gasteiger partial charge in [-0.3, -0.25) is 4.90 Å². The average molecular weight is 226 g/mol. The molecule has 2 heterocycles. The van der Waals surface area contributed by atoms with Gasteiger partial charge in [-0.1, -0.05) is 0 Å². The fraction of sp³-hybridized carbons (Fsp3) is 1.00. The number of ether oxygens (including phenoxy) is 1. The molecule has 0 aromatic heterocycles. The fourth-order valence-corrected chi connectivity index (χ4v) is 2.66. The van der Waals surface area contributed by atoms with Crippen molar-refractivity contribution in [2.24, 2.45) is 0 Å². The zero-order chi connectivity index (χ0) is 11.8. The van der Waals surface area contributed by atoms with Crippen LogP contribution in [-0.2, 0) is 4.74 Å². The van der Waals surface area contributed by atoms with Crippen molar-refractivity contribution in [2.45, 2.75) is 57.7 Å². The zero-order valence-electron chi connectivity index (χ0n) is 11.2. The highest BCUT2D eigenvalue weighted by Gasteiger charge is 2.38. The third-order valence-electron chi connectivity index (χ3n) is 3.89. The molecule has 0 spiro atoms. The van der Waals surface area contributed by atoms with Crippen molar-refractivity contribution in [3.63, 3.8) is 0 Å². The topological polar surface area (TPSA) is 24.5 Å². The summed E-state index contributed by atoms with van der Waals surface area (Å²) in [4.78, 5) is 2.60. The molecule has 0 aromatic rings. The summed E-state index contributed by atoms with van der Waals surface area (Å²) in [7, 11) is 0. The van der Waals surface area contributed by atoms with Gasteiger partial charge < -0.3 is 10.1 Å². The van der Waals surface area contributed by atoms with Crippen LogP contribution in [0, 0.1) is 0 Å². The molecule has 0 radical (unpaired) electrons. The van der Waals surface area contributed by atoms with Crippen molar-refractivity contribution in [3.05, 3.63) is 0 Å². The largest absolute Gasteiger partial charge is 0.377 e. The lowest BCUT2D eigenvalue weighted by molar-refractivity contribution is -0.00694. The molecule has 0 aliphatic carbocycles. The summed E-state index contributed by atoms with van der Waals surface area (Å²) in [6, 6.07) is 0. The summed E-state index contributed by atoms with van der Waals surface area (Å²) in [5, 5.41) is 3.62. The molecule has 2 saturated heterocycles. The molecule has 2 aliphatic heterocycles.